The van der Waals surface area contributed by atoms with Crippen LogP contribution in [0.25, 0.3) is 0 Å². The monoisotopic (exact) mass is 419 g/mol. The Labute approximate surface area is 173 Å². The number of rotatable bonds is 9. The van der Waals surface area contributed by atoms with E-state index >= 15 is 0 Å². The van der Waals surface area contributed by atoms with E-state index in [-0.39, 0.29) is 17.6 Å². The average molecular weight is 420 g/mol. The minimum absolute atomic E-state index is 0.0790. The molecular formula is C20H25N3O3S2. The molecule has 0 bridgehead atoms. The Kier molecular flexibility index (Phi) is 6.96. The Morgan fingerprint density at radius 1 is 1.39 bits per heavy atom. The smallest absolute Gasteiger partial charge is 0.355 e. The fourth-order valence-electron chi connectivity index (χ4n) is 3.19. The van der Waals surface area contributed by atoms with Gasteiger partial charge in [-0.1, -0.05) is 37.7 Å². The summed E-state index contributed by atoms with van der Waals surface area (Å²) >= 11 is 2.83. The molecule has 6 nitrogen and oxygen atoms in total. The number of carbonyl (C=O) groups excluding carboxylic acids is 1. The number of carboxylic acid groups (broad SMARTS) is 1. The highest BCUT2D eigenvalue weighted by molar-refractivity contribution is 8.01. The minimum atomic E-state index is -1.01. The van der Waals surface area contributed by atoms with Gasteiger partial charge in [0.15, 0.2) is 10.0 Å². The minimum Gasteiger partial charge on any atom is -0.476 e. The summed E-state index contributed by atoms with van der Waals surface area (Å²) < 4.78 is 0.726. The maximum absolute atomic E-state index is 12.2. The Balaban J connectivity index is 1.49. The fraction of sp³-hybridized carbons (Fsp3) is 0.450. The van der Waals surface area contributed by atoms with Gasteiger partial charge in [-0.25, -0.2) is 9.78 Å². The van der Waals surface area contributed by atoms with Gasteiger partial charge in [0.2, 0.25) is 5.91 Å². The number of thiazole rings is 1. The summed E-state index contributed by atoms with van der Waals surface area (Å²) in [6.07, 6.45) is 1.45. The Morgan fingerprint density at radius 2 is 2.14 bits per heavy atom. The van der Waals surface area contributed by atoms with E-state index in [0.29, 0.717) is 24.6 Å². The quantitative estimate of drug-likeness (QED) is 0.594. The molecule has 2 N–H and O–H groups in total. The first-order valence-corrected chi connectivity index (χ1v) is 11.3. The molecule has 1 aromatic carbocycles. The number of benzene rings is 1. The third kappa shape index (κ3) is 5.26. The van der Waals surface area contributed by atoms with Crippen LogP contribution < -0.4 is 5.32 Å². The van der Waals surface area contributed by atoms with E-state index in [4.69, 9.17) is 5.11 Å². The third-order valence-corrected chi connectivity index (χ3v) is 6.83. The SMILES string of the molecule is CC(C)c1ccc(NCC2CCC(=O)N2CCSc2nc(C(=O)O)cs2)cc1. The van der Waals surface area contributed by atoms with Crippen molar-refractivity contribution in [3.8, 4) is 0 Å². The zero-order chi connectivity index (χ0) is 20.1. The third-order valence-electron chi connectivity index (χ3n) is 4.83. The number of hydrogen-bond donors (Lipinski definition) is 2. The topological polar surface area (TPSA) is 82.5 Å². The molecule has 0 radical (unpaired) electrons. The summed E-state index contributed by atoms with van der Waals surface area (Å²) in [5, 5.41) is 13.9. The maximum Gasteiger partial charge on any atom is 0.355 e. The highest BCUT2D eigenvalue weighted by atomic mass is 32.2. The highest BCUT2D eigenvalue weighted by Gasteiger charge is 2.30. The summed E-state index contributed by atoms with van der Waals surface area (Å²) in [6, 6.07) is 8.65. The second kappa shape index (κ2) is 9.43. The first kappa shape index (κ1) is 20.7. The molecule has 1 unspecified atom stereocenters. The number of hydrogen-bond acceptors (Lipinski definition) is 6. The predicted molar refractivity (Wildman–Crippen MR) is 114 cm³/mol. The predicted octanol–water partition coefficient (Wildman–Crippen LogP) is 4.16. The zero-order valence-corrected chi connectivity index (χ0v) is 17.7. The fourth-order valence-corrected chi connectivity index (χ4v) is 5.00. The van der Waals surface area contributed by atoms with Gasteiger partial charge in [-0.2, -0.15) is 0 Å². The first-order valence-electron chi connectivity index (χ1n) is 9.39. The number of nitrogens with one attached hydrogen (secondary N) is 1. The van der Waals surface area contributed by atoms with Crippen LogP contribution in [0.4, 0.5) is 5.69 Å². The molecule has 150 valence electrons. The Morgan fingerprint density at radius 3 is 2.79 bits per heavy atom. The number of carboxylic acids is 1. The molecule has 1 fully saturated rings. The van der Waals surface area contributed by atoms with Gasteiger partial charge in [0.05, 0.1) is 0 Å². The molecule has 1 saturated heterocycles. The van der Waals surface area contributed by atoms with Crippen LogP contribution in [0.5, 0.6) is 0 Å². The molecular weight excluding hydrogens is 394 g/mol. The lowest BCUT2D eigenvalue weighted by atomic mass is 10.0. The zero-order valence-electron chi connectivity index (χ0n) is 16.1. The lowest BCUT2D eigenvalue weighted by Crippen LogP contribution is -2.39. The van der Waals surface area contributed by atoms with E-state index in [1.54, 1.807) is 5.38 Å². The van der Waals surface area contributed by atoms with E-state index in [0.717, 1.165) is 23.0 Å². The number of thioether (sulfide) groups is 1. The van der Waals surface area contributed by atoms with E-state index in [2.05, 4.69) is 48.4 Å². The molecule has 0 spiro atoms. The van der Waals surface area contributed by atoms with E-state index in [9.17, 15) is 9.59 Å². The van der Waals surface area contributed by atoms with Crippen molar-refractivity contribution in [1.29, 1.82) is 0 Å². The van der Waals surface area contributed by atoms with Gasteiger partial charge in [-0.3, -0.25) is 4.79 Å². The van der Waals surface area contributed by atoms with Crippen LogP contribution >= 0.6 is 23.1 Å². The number of aromatic carboxylic acids is 1. The molecule has 3 rings (SSSR count). The van der Waals surface area contributed by atoms with Crippen molar-refractivity contribution >= 4 is 40.7 Å². The van der Waals surface area contributed by atoms with E-state index < -0.39 is 5.97 Å². The van der Waals surface area contributed by atoms with Crippen LogP contribution in [0.15, 0.2) is 34.0 Å². The summed E-state index contributed by atoms with van der Waals surface area (Å²) in [6.45, 7) is 5.73. The maximum atomic E-state index is 12.2. The van der Waals surface area contributed by atoms with Gasteiger partial charge < -0.3 is 15.3 Å². The molecule has 1 amide bonds. The lowest BCUT2D eigenvalue weighted by molar-refractivity contribution is -0.128. The van der Waals surface area contributed by atoms with Gasteiger partial charge in [0, 0.05) is 42.4 Å². The van der Waals surface area contributed by atoms with Crippen LogP contribution in [0, 0.1) is 0 Å². The van der Waals surface area contributed by atoms with Crippen molar-refractivity contribution in [3.63, 3.8) is 0 Å². The molecule has 2 heterocycles. The van der Waals surface area contributed by atoms with E-state index in [1.165, 1.54) is 28.7 Å². The number of likely N-dealkylation sites (tertiary alicyclic amines) is 1. The summed E-state index contributed by atoms with van der Waals surface area (Å²) in [7, 11) is 0. The lowest BCUT2D eigenvalue weighted by Gasteiger charge is -2.25. The van der Waals surface area contributed by atoms with Crippen molar-refractivity contribution < 1.29 is 14.7 Å². The van der Waals surface area contributed by atoms with Gasteiger partial charge in [-0.05, 0) is 30.0 Å². The normalized spacial score (nSPS) is 16.8. The molecule has 2 aromatic rings. The summed E-state index contributed by atoms with van der Waals surface area (Å²) in [5.41, 5.74) is 2.46. The number of nitrogens with zero attached hydrogens (tertiary/aromatic N) is 2. The van der Waals surface area contributed by atoms with Crippen molar-refractivity contribution in [2.24, 2.45) is 0 Å². The standard InChI is InChI=1S/C20H25N3O3S2/c1-13(2)14-3-5-15(6-4-14)21-11-16-7-8-18(24)23(16)9-10-27-20-22-17(12-28-20)19(25)26/h3-6,12-13,16,21H,7-11H2,1-2H3,(H,25,26). The van der Waals surface area contributed by atoms with Crippen LogP contribution in [-0.2, 0) is 4.79 Å². The number of anilines is 1. The summed E-state index contributed by atoms with van der Waals surface area (Å²) in [4.78, 5) is 29.2. The van der Waals surface area contributed by atoms with Crippen LogP contribution in [-0.4, -0.2) is 51.8 Å². The number of aromatic nitrogens is 1. The van der Waals surface area contributed by atoms with Crippen LogP contribution in [0.2, 0.25) is 0 Å². The Hall–Kier alpha value is -2.06. The van der Waals surface area contributed by atoms with Gasteiger partial charge in [0.1, 0.15) is 0 Å². The van der Waals surface area contributed by atoms with E-state index in [1.807, 2.05) is 4.90 Å². The van der Waals surface area contributed by atoms with Gasteiger partial charge >= 0.3 is 5.97 Å². The van der Waals surface area contributed by atoms with Crippen molar-refractivity contribution in [1.82, 2.24) is 9.88 Å². The molecule has 1 aromatic heterocycles. The highest BCUT2D eigenvalue weighted by Crippen LogP contribution is 2.25. The van der Waals surface area contributed by atoms with Crippen LogP contribution in [0.1, 0.15) is 48.7 Å². The second-order valence-electron chi connectivity index (χ2n) is 7.09. The number of amides is 1. The molecule has 28 heavy (non-hydrogen) atoms. The van der Waals surface area contributed by atoms with Crippen molar-refractivity contribution in [2.45, 2.75) is 43.0 Å². The molecule has 1 aliphatic heterocycles. The van der Waals surface area contributed by atoms with Crippen molar-refractivity contribution in [2.75, 3.05) is 24.2 Å². The van der Waals surface area contributed by atoms with Crippen molar-refractivity contribution in [3.05, 3.63) is 40.9 Å². The van der Waals surface area contributed by atoms with Gasteiger partial charge in [0.25, 0.3) is 0 Å². The summed E-state index contributed by atoms with van der Waals surface area (Å²) in [5.74, 6) is 0.398. The van der Waals surface area contributed by atoms with Crippen LogP contribution in [0.3, 0.4) is 0 Å². The molecule has 0 saturated carbocycles. The molecule has 0 aliphatic carbocycles. The average Bonchev–Trinajstić information content (AvgIpc) is 3.28. The van der Waals surface area contributed by atoms with Gasteiger partial charge in [-0.15, -0.1) is 11.3 Å². The number of carbonyl (C=O) groups is 2. The largest absolute Gasteiger partial charge is 0.476 e. The Bertz CT molecular complexity index is 820. The molecule has 1 aliphatic rings. The first-order chi connectivity index (χ1) is 13.4. The second-order valence-corrected chi connectivity index (χ2v) is 9.29. The molecule has 1 atom stereocenters. The molecule has 8 heteroatoms.